The minimum atomic E-state index is -1.17. The van der Waals surface area contributed by atoms with Crippen molar-refractivity contribution in [3.63, 3.8) is 0 Å². The van der Waals surface area contributed by atoms with Gasteiger partial charge in [-0.05, 0) is 41.4 Å². The first-order valence-corrected chi connectivity index (χ1v) is 7.63. The van der Waals surface area contributed by atoms with E-state index in [1.165, 1.54) is 23.5 Å². The van der Waals surface area contributed by atoms with Crippen molar-refractivity contribution in [2.75, 3.05) is 6.54 Å². The third-order valence-electron chi connectivity index (χ3n) is 3.46. The van der Waals surface area contributed by atoms with Crippen LogP contribution >= 0.6 is 11.3 Å². The fourth-order valence-corrected chi connectivity index (χ4v) is 2.93. The lowest BCUT2D eigenvalue weighted by Crippen LogP contribution is -2.38. The Morgan fingerprint density at radius 1 is 1.45 bits per heavy atom. The summed E-state index contributed by atoms with van der Waals surface area (Å²) in [5.74, 6) is -0.992. The van der Waals surface area contributed by atoms with Gasteiger partial charge in [-0.25, -0.2) is 4.39 Å². The third kappa shape index (κ3) is 2.75. The minimum Gasteiger partial charge on any atom is -0.448 e. The van der Waals surface area contributed by atoms with E-state index in [-0.39, 0.29) is 17.9 Å². The predicted molar refractivity (Wildman–Crippen MR) is 82.4 cm³/mol. The van der Waals surface area contributed by atoms with Gasteiger partial charge in [0.25, 0.3) is 5.91 Å². The maximum atomic E-state index is 13.6. The van der Waals surface area contributed by atoms with E-state index in [2.05, 4.69) is 5.32 Å². The molecule has 4 nitrogen and oxygen atoms in total. The predicted octanol–water partition coefficient (Wildman–Crippen LogP) is 3.27. The van der Waals surface area contributed by atoms with Gasteiger partial charge in [0.15, 0.2) is 17.2 Å². The number of nitrogens with one attached hydrogen (secondary N) is 1. The molecule has 0 saturated carbocycles. The molecule has 0 aliphatic carbocycles. The SMILES string of the molecule is C[C@@](O)(CNC(=O)c1cc2cccc(F)c2o1)c1ccsc1. The van der Waals surface area contributed by atoms with E-state index in [1.807, 2.05) is 10.8 Å². The summed E-state index contributed by atoms with van der Waals surface area (Å²) in [6.45, 7) is 1.65. The number of hydrogen-bond donors (Lipinski definition) is 2. The van der Waals surface area contributed by atoms with Crippen LogP contribution in [0.1, 0.15) is 23.0 Å². The van der Waals surface area contributed by atoms with Gasteiger partial charge in [0.1, 0.15) is 5.60 Å². The molecule has 2 heterocycles. The van der Waals surface area contributed by atoms with E-state index in [9.17, 15) is 14.3 Å². The van der Waals surface area contributed by atoms with Gasteiger partial charge in [0, 0.05) is 5.39 Å². The number of halogens is 1. The molecule has 0 bridgehead atoms. The van der Waals surface area contributed by atoms with Crippen LogP contribution in [-0.2, 0) is 5.60 Å². The van der Waals surface area contributed by atoms with Gasteiger partial charge in [-0.3, -0.25) is 4.79 Å². The molecule has 1 atom stereocenters. The van der Waals surface area contributed by atoms with Crippen LogP contribution in [0.2, 0.25) is 0 Å². The van der Waals surface area contributed by atoms with Crippen molar-refractivity contribution in [3.05, 3.63) is 58.2 Å². The molecule has 0 aliphatic heterocycles. The van der Waals surface area contributed by atoms with Crippen molar-refractivity contribution in [1.82, 2.24) is 5.32 Å². The smallest absolute Gasteiger partial charge is 0.287 e. The summed E-state index contributed by atoms with van der Waals surface area (Å²) in [6.07, 6.45) is 0. The molecular weight excluding hydrogens is 305 g/mol. The number of para-hydroxylation sites is 1. The highest BCUT2D eigenvalue weighted by Crippen LogP contribution is 2.24. The van der Waals surface area contributed by atoms with E-state index < -0.39 is 17.3 Å². The van der Waals surface area contributed by atoms with E-state index in [0.717, 1.165) is 5.56 Å². The molecule has 22 heavy (non-hydrogen) atoms. The molecule has 0 fully saturated rings. The molecule has 0 spiro atoms. The van der Waals surface area contributed by atoms with E-state index >= 15 is 0 Å². The topological polar surface area (TPSA) is 62.5 Å². The molecule has 3 rings (SSSR count). The van der Waals surface area contributed by atoms with Crippen LogP contribution in [0.5, 0.6) is 0 Å². The maximum absolute atomic E-state index is 13.6. The van der Waals surface area contributed by atoms with Crippen molar-refractivity contribution in [1.29, 1.82) is 0 Å². The normalized spacial score (nSPS) is 14.0. The summed E-state index contributed by atoms with van der Waals surface area (Å²) in [4.78, 5) is 12.1. The van der Waals surface area contributed by atoms with Gasteiger partial charge in [0.05, 0.1) is 6.54 Å². The van der Waals surface area contributed by atoms with Crippen LogP contribution in [0.3, 0.4) is 0 Å². The van der Waals surface area contributed by atoms with Crippen LogP contribution in [0.25, 0.3) is 11.0 Å². The number of rotatable bonds is 4. The lowest BCUT2D eigenvalue weighted by Gasteiger charge is -2.22. The monoisotopic (exact) mass is 319 g/mol. The Bertz CT molecular complexity index is 808. The summed E-state index contributed by atoms with van der Waals surface area (Å²) in [5, 5.41) is 17.2. The summed E-state index contributed by atoms with van der Waals surface area (Å²) >= 11 is 1.47. The molecule has 0 saturated heterocycles. The van der Waals surface area contributed by atoms with Crippen molar-refractivity contribution in [2.24, 2.45) is 0 Å². The number of fused-ring (bicyclic) bond motifs is 1. The lowest BCUT2D eigenvalue weighted by atomic mass is 9.99. The van der Waals surface area contributed by atoms with Crippen molar-refractivity contribution < 1.29 is 18.7 Å². The molecule has 1 amide bonds. The Morgan fingerprint density at radius 2 is 2.27 bits per heavy atom. The van der Waals surface area contributed by atoms with Crippen LogP contribution in [0.4, 0.5) is 4.39 Å². The highest BCUT2D eigenvalue weighted by Gasteiger charge is 2.25. The molecule has 2 aromatic heterocycles. The number of amides is 1. The molecule has 3 aromatic rings. The number of benzene rings is 1. The van der Waals surface area contributed by atoms with Crippen molar-refractivity contribution in [3.8, 4) is 0 Å². The zero-order valence-corrected chi connectivity index (χ0v) is 12.6. The van der Waals surface area contributed by atoms with Crippen molar-refractivity contribution in [2.45, 2.75) is 12.5 Å². The number of carbonyl (C=O) groups is 1. The Kier molecular flexibility index (Phi) is 3.72. The van der Waals surface area contributed by atoms with E-state index in [0.29, 0.717) is 5.39 Å². The standard InChI is InChI=1S/C16H14FNO3S/c1-16(20,11-5-6-22-8-11)9-18-15(19)13-7-10-3-2-4-12(17)14(10)21-13/h2-8,20H,9H2,1H3,(H,18,19)/t16-/m1/s1. The molecule has 0 aliphatic rings. The van der Waals surface area contributed by atoms with Crippen LogP contribution in [-0.4, -0.2) is 17.6 Å². The zero-order valence-electron chi connectivity index (χ0n) is 11.8. The number of carbonyl (C=O) groups excluding carboxylic acids is 1. The molecule has 0 radical (unpaired) electrons. The largest absolute Gasteiger partial charge is 0.448 e. The Balaban J connectivity index is 1.75. The number of hydrogen-bond acceptors (Lipinski definition) is 4. The lowest BCUT2D eigenvalue weighted by molar-refractivity contribution is 0.0523. The minimum absolute atomic E-state index is 0.0150. The first kappa shape index (κ1) is 14.7. The van der Waals surface area contributed by atoms with E-state index in [1.54, 1.807) is 25.1 Å². The van der Waals surface area contributed by atoms with Gasteiger partial charge in [-0.2, -0.15) is 11.3 Å². The third-order valence-corrected chi connectivity index (χ3v) is 4.14. The fraction of sp³-hybridized carbons (Fsp3) is 0.188. The van der Waals surface area contributed by atoms with Crippen molar-refractivity contribution >= 4 is 28.2 Å². The van der Waals surface area contributed by atoms with Gasteiger partial charge in [0.2, 0.25) is 0 Å². The summed E-state index contributed by atoms with van der Waals surface area (Å²) < 4.78 is 18.8. The Labute approximate surface area is 130 Å². The second-order valence-electron chi connectivity index (χ2n) is 5.24. The summed E-state index contributed by atoms with van der Waals surface area (Å²) in [6, 6.07) is 7.77. The average Bonchev–Trinajstić information content (AvgIpc) is 3.14. The quantitative estimate of drug-likeness (QED) is 0.776. The molecule has 6 heteroatoms. The van der Waals surface area contributed by atoms with E-state index in [4.69, 9.17) is 4.42 Å². The summed E-state index contributed by atoms with van der Waals surface area (Å²) in [7, 11) is 0. The highest BCUT2D eigenvalue weighted by molar-refractivity contribution is 7.08. The first-order valence-electron chi connectivity index (χ1n) is 6.69. The average molecular weight is 319 g/mol. The Morgan fingerprint density at radius 3 is 2.95 bits per heavy atom. The molecule has 0 unspecified atom stereocenters. The van der Waals surface area contributed by atoms with Gasteiger partial charge in [-0.1, -0.05) is 12.1 Å². The number of furan rings is 1. The highest BCUT2D eigenvalue weighted by atomic mass is 32.1. The second-order valence-corrected chi connectivity index (χ2v) is 6.02. The number of aliphatic hydroxyl groups is 1. The first-order chi connectivity index (χ1) is 10.5. The molecule has 1 aromatic carbocycles. The van der Waals surface area contributed by atoms with Gasteiger partial charge >= 0.3 is 0 Å². The molecule has 114 valence electrons. The van der Waals surface area contributed by atoms with Crippen LogP contribution in [0, 0.1) is 5.82 Å². The second kappa shape index (κ2) is 5.55. The van der Waals surface area contributed by atoms with Gasteiger partial charge in [-0.15, -0.1) is 0 Å². The summed E-state index contributed by atoms with van der Waals surface area (Å²) in [5.41, 5.74) is -0.391. The van der Waals surface area contributed by atoms with Crippen LogP contribution < -0.4 is 5.32 Å². The Hall–Kier alpha value is -2.18. The van der Waals surface area contributed by atoms with Gasteiger partial charge < -0.3 is 14.8 Å². The zero-order chi connectivity index (χ0) is 15.7. The fourth-order valence-electron chi connectivity index (χ4n) is 2.15. The number of thiophene rings is 1. The molecule has 2 N–H and O–H groups in total. The van der Waals surface area contributed by atoms with Crippen LogP contribution in [0.15, 0.2) is 45.5 Å². The molecular formula is C16H14FNO3S. The maximum Gasteiger partial charge on any atom is 0.287 e.